The summed E-state index contributed by atoms with van der Waals surface area (Å²) >= 11 is 3.28. The molecule has 0 bridgehead atoms. The molecule has 0 aliphatic heterocycles. The van der Waals surface area contributed by atoms with Crippen molar-refractivity contribution in [1.29, 1.82) is 0 Å². The molecule has 5 nitrogen and oxygen atoms in total. The van der Waals surface area contributed by atoms with Gasteiger partial charge in [0.15, 0.2) is 0 Å². The van der Waals surface area contributed by atoms with Gasteiger partial charge in [0.2, 0.25) is 10.0 Å². The summed E-state index contributed by atoms with van der Waals surface area (Å²) in [7, 11) is -6.66. The Labute approximate surface area is 106 Å². The number of halogens is 1. The molecule has 0 spiro atoms. The van der Waals surface area contributed by atoms with Crippen LogP contribution in [-0.4, -0.2) is 46.5 Å². The Kier molecular flexibility index (Phi) is 7.79. The second-order valence-corrected chi connectivity index (χ2v) is 8.57. The van der Waals surface area contributed by atoms with Gasteiger partial charge in [-0.25, -0.2) is 21.6 Å². The van der Waals surface area contributed by atoms with E-state index in [9.17, 15) is 16.8 Å². The van der Waals surface area contributed by atoms with E-state index in [0.29, 0.717) is 6.54 Å². The lowest BCUT2D eigenvalue weighted by Crippen LogP contribution is -2.30. The first-order valence-electron chi connectivity index (χ1n) is 4.98. The van der Waals surface area contributed by atoms with Crippen molar-refractivity contribution < 1.29 is 16.8 Å². The molecule has 0 heterocycles. The van der Waals surface area contributed by atoms with E-state index in [1.807, 2.05) is 0 Å². The smallest absolute Gasteiger partial charge is 0.212 e. The Balaban J connectivity index is 3.80. The van der Waals surface area contributed by atoms with Gasteiger partial charge >= 0.3 is 0 Å². The van der Waals surface area contributed by atoms with Crippen molar-refractivity contribution in [3.8, 4) is 0 Å². The van der Waals surface area contributed by atoms with Gasteiger partial charge < -0.3 is 0 Å². The first-order valence-corrected chi connectivity index (χ1v) is 9.81. The van der Waals surface area contributed by atoms with Crippen molar-refractivity contribution in [2.24, 2.45) is 0 Å². The van der Waals surface area contributed by atoms with Crippen LogP contribution in [0.2, 0.25) is 0 Å². The molecule has 16 heavy (non-hydrogen) atoms. The number of sulfone groups is 1. The zero-order valence-electron chi connectivity index (χ0n) is 9.28. The van der Waals surface area contributed by atoms with Crippen molar-refractivity contribution in [1.82, 2.24) is 4.72 Å². The van der Waals surface area contributed by atoms with Crippen molar-refractivity contribution in [2.75, 3.05) is 29.6 Å². The molecule has 98 valence electrons. The summed E-state index contributed by atoms with van der Waals surface area (Å²) in [6.45, 7) is 0.374. The van der Waals surface area contributed by atoms with Gasteiger partial charge in [-0.3, -0.25) is 0 Å². The number of hydrogen-bond acceptors (Lipinski definition) is 4. The molecule has 0 radical (unpaired) electrons. The third kappa shape index (κ3) is 10.8. The molecule has 0 fully saturated rings. The number of alkyl halides is 1. The number of unbranched alkanes of at least 4 members (excludes halogenated alkanes) is 2. The second kappa shape index (κ2) is 7.62. The fraction of sp³-hybridized carbons (Fsp3) is 1.00. The van der Waals surface area contributed by atoms with Gasteiger partial charge in [-0.2, -0.15) is 0 Å². The summed E-state index contributed by atoms with van der Waals surface area (Å²) in [5.41, 5.74) is 0. The molecule has 0 saturated heterocycles. The van der Waals surface area contributed by atoms with Crippen molar-refractivity contribution in [3.05, 3.63) is 0 Å². The van der Waals surface area contributed by atoms with Gasteiger partial charge in [0.1, 0.15) is 9.84 Å². The first kappa shape index (κ1) is 16.3. The molecule has 0 aromatic carbocycles. The molecule has 0 aliphatic rings. The molecule has 0 aliphatic carbocycles. The molecule has 1 N–H and O–H groups in total. The van der Waals surface area contributed by atoms with Gasteiger partial charge in [-0.15, -0.1) is 0 Å². The maximum absolute atomic E-state index is 11.3. The summed E-state index contributed by atoms with van der Waals surface area (Å²) in [6.07, 6.45) is 3.74. The predicted molar refractivity (Wildman–Crippen MR) is 69.1 cm³/mol. The highest BCUT2D eigenvalue weighted by Gasteiger charge is 2.13. The Hall–Kier alpha value is 0.340. The van der Waals surface area contributed by atoms with E-state index in [-0.39, 0.29) is 11.5 Å². The summed E-state index contributed by atoms with van der Waals surface area (Å²) in [5.74, 6) is -0.686. The lowest BCUT2D eigenvalue weighted by molar-refractivity contribution is 0.574. The van der Waals surface area contributed by atoms with Crippen LogP contribution in [0, 0.1) is 0 Å². The largest absolute Gasteiger partial charge is 0.229 e. The quantitative estimate of drug-likeness (QED) is 0.492. The predicted octanol–water partition coefficient (Wildman–Crippen LogP) is 0.516. The van der Waals surface area contributed by atoms with Gasteiger partial charge in [-0.1, -0.05) is 22.4 Å². The van der Waals surface area contributed by atoms with Crippen LogP contribution >= 0.6 is 15.9 Å². The highest BCUT2D eigenvalue weighted by Crippen LogP contribution is 1.98. The number of hydrogen-bond donors (Lipinski definition) is 1. The van der Waals surface area contributed by atoms with Crippen LogP contribution in [0.3, 0.4) is 0 Å². The molecule has 0 unspecified atom stereocenters. The maximum Gasteiger partial charge on any atom is 0.212 e. The van der Waals surface area contributed by atoms with E-state index in [1.165, 1.54) is 0 Å². The third-order valence-corrected chi connectivity index (χ3v) is 5.01. The number of sulfonamides is 1. The Bertz CT molecular complexity index is 377. The Morgan fingerprint density at radius 3 is 2.12 bits per heavy atom. The minimum absolute atomic E-state index is 0.330. The summed E-state index contributed by atoms with van der Waals surface area (Å²) in [4.78, 5) is 0. The number of nitrogens with one attached hydrogen (secondary N) is 1. The fourth-order valence-electron chi connectivity index (χ4n) is 0.957. The summed E-state index contributed by atoms with van der Waals surface area (Å²) < 4.78 is 46.6. The van der Waals surface area contributed by atoms with E-state index >= 15 is 0 Å². The first-order chi connectivity index (χ1) is 7.27. The number of rotatable bonds is 9. The van der Waals surface area contributed by atoms with Crippen LogP contribution in [-0.2, 0) is 19.9 Å². The van der Waals surface area contributed by atoms with E-state index in [0.717, 1.165) is 30.8 Å². The van der Waals surface area contributed by atoms with Gasteiger partial charge in [-0.05, 0) is 12.8 Å². The van der Waals surface area contributed by atoms with Crippen LogP contribution in [0.1, 0.15) is 19.3 Å². The third-order valence-electron chi connectivity index (χ3n) is 1.86. The topological polar surface area (TPSA) is 80.3 Å². The average Bonchev–Trinajstić information content (AvgIpc) is 2.14. The second-order valence-electron chi connectivity index (χ2n) is 3.59. The van der Waals surface area contributed by atoms with Crippen LogP contribution in [0.15, 0.2) is 0 Å². The molecule has 0 rings (SSSR count). The van der Waals surface area contributed by atoms with Crippen LogP contribution in [0.4, 0.5) is 0 Å². The normalized spacial score (nSPS) is 12.9. The highest BCUT2D eigenvalue weighted by atomic mass is 79.9. The minimum atomic E-state index is -3.44. The lowest BCUT2D eigenvalue weighted by Gasteiger charge is -2.05. The molecule has 0 atom stereocenters. The maximum atomic E-state index is 11.3. The van der Waals surface area contributed by atoms with Crippen molar-refractivity contribution in [2.45, 2.75) is 19.3 Å². The Morgan fingerprint density at radius 2 is 1.62 bits per heavy atom. The minimum Gasteiger partial charge on any atom is -0.229 e. The van der Waals surface area contributed by atoms with Crippen molar-refractivity contribution >= 4 is 35.8 Å². The summed E-state index contributed by atoms with van der Waals surface area (Å²) in [6, 6.07) is 0. The van der Waals surface area contributed by atoms with Gasteiger partial charge in [0.05, 0.1) is 11.5 Å². The van der Waals surface area contributed by atoms with Gasteiger partial charge in [0.25, 0.3) is 0 Å². The lowest BCUT2D eigenvalue weighted by atomic mass is 10.3. The van der Waals surface area contributed by atoms with E-state index in [2.05, 4.69) is 20.7 Å². The summed E-state index contributed by atoms with van der Waals surface area (Å²) in [5, 5.41) is 0.911. The molecule has 0 aromatic rings. The molecular weight excluding hydrogens is 318 g/mol. The zero-order chi connectivity index (χ0) is 12.7. The van der Waals surface area contributed by atoms with Crippen LogP contribution < -0.4 is 4.72 Å². The zero-order valence-corrected chi connectivity index (χ0v) is 12.5. The van der Waals surface area contributed by atoms with Crippen LogP contribution in [0.25, 0.3) is 0 Å². The van der Waals surface area contributed by atoms with E-state index in [4.69, 9.17) is 0 Å². The molecule has 0 aromatic heterocycles. The standard InChI is InChI=1S/C8H18BrNO4S2/c1-15(11,12)7-8-16(13,14)10-6-4-2-3-5-9/h10H,2-8H2,1H3. The van der Waals surface area contributed by atoms with Crippen LogP contribution in [0.5, 0.6) is 0 Å². The monoisotopic (exact) mass is 335 g/mol. The molecular formula is C8H18BrNO4S2. The van der Waals surface area contributed by atoms with Gasteiger partial charge in [0, 0.05) is 18.1 Å². The van der Waals surface area contributed by atoms with Crippen molar-refractivity contribution in [3.63, 3.8) is 0 Å². The molecule has 8 heteroatoms. The fourth-order valence-corrected chi connectivity index (χ4v) is 4.04. The Morgan fingerprint density at radius 1 is 1.00 bits per heavy atom. The molecule has 0 amide bonds. The van der Waals surface area contributed by atoms with E-state index in [1.54, 1.807) is 0 Å². The molecule has 0 saturated carbocycles. The highest BCUT2D eigenvalue weighted by molar-refractivity contribution is 9.09. The van der Waals surface area contributed by atoms with E-state index < -0.39 is 19.9 Å². The SMILES string of the molecule is CS(=O)(=O)CCS(=O)(=O)NCCCCCBr. The average molecular weight is 336 g/mol.